The molecule has 2 N–H and O–H groups in total. The van der Waals surface area contributed by atoms with Gasteiger partial charge in [0.05, 0.1) is 6.10 Å². The van der Waals surface area contributed by atoms with Crippen molar-refractivity contribution in [1.82, 2.24) is 9.97 Å². The molecule has 6 heteroatoms. The molecule has 0 radical (unpaired) electrons. The zero-order valence-electron chi connectivity index (χ0n) is 9.90. The molecule has 0 saturated carbocycles. The van der Waals surface area contributed by atoms with Crippen molar-refractivity contribution < 1.29 is 4.74 Å². The van der Waals surface area contributed by atoms with Crippen molar-refractivity contribution in [2.45, 2.75) is 25.4 Å². The van der Waals surface area contributed by atoms with Gasteiger partial charge >= 0.3 is 0 Å². The summed E-state index contributed by atoms with van der Waals surface area (Å²) in [5.74, 6) is 1.10. The van der Waals surface area contributed by atoms with Gasteiger partial charge in [0.25, 0.3) is 0 Å². The Morgan fingerprint density at radius 1 is 1.53 bits per heavy atom. The second-order valence-electron chi connectivity index (χ2n) is 4.28. The zero-order chi connectivity index (χ0) is 12.3. The van der Waals surface area contributed by atoms with Crippen LogP contribution >= 0.6 is 15.9 Å². The van der Waals surface area contributed by atoms with Crippen LogP contribution in [-0.4, -0.2) is 36.3 Å². The van der Waals surface area contributed by atoms with Crippen LogP contribution in [0.5, 0.6) is 0 Å². The van der Waals surface area contributed by atoms with E-state index in [-0.39, 0.29) is 6.10 Å². The van der Waals surface area contributed by atoms with E-state index in [1.54, 1.807) is 6.07 Å². The lowest BCUT2D eigenvalue weighted by atomic mass is 10.1. The van der Waals surface area contributed by atoms with Gasteiger partial charge in [-0.25, -0.2) is 4.98 Å². The van der Waals surface area contributed by atoms with Crippen LogP contribution < -0.4 is 10.6 Å². The molecule has 0 bridgehead atoms. The van der Waals surface area contributed by atoms with E-state index in [4.69, 9.17) is 10.5 Å². The van der Waals surface area contributed by atoms with Crippen molar-refractivity contribution in [2.24, 2.45) is 0 Å². The third-order valence-corrected chi connectivity index (χ3v) is 3.20. The zero-order valence-corrected chi connectivity index (χ0v) is 11.5. The average Bonchev–Trinajstić information content (AvgIpc) is 2.29. The molecule has 1 aromatic rings. The predicted molar refractivity (Wildman–Crippen MR) is 71.0 cm³/mol. The molecule has 2 rings (SSSR count). The summed E-state index contributed by atoms with van der Waals surface area (Å²) in [7, 11) is 1.96. The molecule has 0 aliphatic carbocycles. The highest BCUT2D eigenvalue weighted by molar-refractivity contribution is 9.10. The lowest BCUT2D eigenvalue weighted by Gasteiger charge is -2.27. The molecule has 1 saturated heterocycles. The number of hydrogen-bond acceptors (Lipinski definition) is 5. The maximum atomic E-state index is 5.69. The predicted octanol–water partition coefficient (Wildman–Crippen LogP) is 1.83. The van der Waals surface area contributed by atoms with Crippen molar-refractivity contribution in [3.05, 3.63) is 10.7 Å². The third kappa shape index (κ3) is 3.54. The first-order chi connectivity index (χ1) is 8.15. The van der Waals surface area contributed by atoms with E-state index in [0.717, 1.165) is 19.6 Å². The summed E-state index contributed by atoms with van der Waals surface area (Å²) in [5, 5.41) is 0. The Balaban J connectivity index is 2.00. The van der Waals surface area contributed by atoms with Gasteiger partial charge in [0.15, 0.2) is 0 Å². The Morgan fingerprint density at radius 3 is 3.00 bits per heavy atom. The quantitative estimate of drug-likeness (QED) is 0.863. The topological polar surface area (TPSA) is 64.3 Å². The molecule has 1 atom stereocenters. The van der Waals surface area contributed by atoms with Crippen molar-refractivity contribution in [2.75, 3.05) is 30.8 Å². The largest absolute Gasteiger partial charge is 0.383 e. The first-order valence-corrected chi connectivity index (χ1v) is 6.57. The molecule has 0 spiro atoms. The SMILES string of the molecule is CN(CC1CCCCO1)c1nc(N)cc(Br)n1. The number of aromatic nitrogens is 2. The molecule has 1 fully saturated rings. The van der Waals surface area contributed by atoms with Crippen LogP contribution in [0, 0.1) is 0 Å². The number of rotatable bonds is 3. The lowest BCUT2D eigenvalue weighted by Crippen LogP contribution is -2.34. The fraction of sp³-hybridized carbons (Fsp3) is 0.636. The molecule has 1 aliphatic heterocycles. The third-order valence-electron chi connectivity index (χ3n) is 2.80. The van der Waals surface area contributed by atoms with Gasteiger partial charge < -0.3 is 15.4 Å². The number of ether oxygens (including phenoxy) is 1. The van der Waals surface area contributed by atoms with E-state index in [1.807, 2.05) is 11.9 Å². The van der Waals surface area contributed by atoms with Crippen molar-refractivity contribution in [1.29, 1.82) is 0 Å². The van der Waals surface area contributed by atoms with E-state index in [9.17, 15) is 0 Å². The van der Waals surface area contributed by atoms with Crippen molar-refractivity contribution >= 4 is 27.7 Å². The van der Waals surface area contributed by atoms with E-state index in [0.29, 0.717) is 16.4 Å². The van der Waals surface area contributed by atoms with Gasteiger partial charge in [0.2, 0.25) is 5.95 Å². The number of nitrogens with zero attached hydrogens (tertiary/aromatic N) is 3. The molecule has 94 valence electrons. The number of anilines is 2. The lowest BCUT2D eigenvalue weighted by molar-refractivity contribution is 0.0214. The standard InChI is InChI=1S/C11H17BrN4O/c1-16(7-8-4-2-3-5-17-8)11-14-9(12)6-10(13)15-11/h6,8H,2-5,7H2,1H3,(H2,13,14,15). The molecule has 1 aliphatic rings. The summed E-state index contributed by atoms with van der Waals surface area (Å²) in [6.45, 7) is 1.66. The van der Waals surface area contributed by atoms with Crippen LogP contribution in [0.25, 0.3) is 0 Å². The van der Waals surface area contributed by atoms with Gasteiger partial charge in [0.1, 0.15) is 10.4 Å². The van der Waals surface area contributed by atoms with Crippen LogP contribution in [0.1, 0.15) is 19.3 Å². The number of hydrogen-bond donors (Lipinski definition) is 1. The number of likely N-dealkylation sites (N-methyl/N-ethyl adjacent to an activating group) is 1. The maximum absolute atomic E-state index is 5.69. The van der Waals surface area contributed by atoms with Crippen LogP contribution in [-0.2, 0) is 4.74 Å². The van der Waals surface area contributed by atoms with Gasteiger partial charge in [-0.05, 0) is 35.2 Å². The summed E-state index contributed by atoms with van der Waals surface area (Å²) in [6.07, 6.45) is 3.78. The fourth-order valence-electron chi connectivity index (χ4n) is 1.93. The highest BCUT2D eigenvalue weighted by Gasteiger charge is 2.17. The van der Waals surface area contributed by atoms with Gasteiger partial charge in [-0.3, -0.25) is 0 Å². The van der Waals surface area contributed by atoms with Crippen LogP contribution in [0.3, 0.4) is 0 Å². The highest BCUT2D eigenvalue weighted by Crippen LogP contribution is 2.18. The van der Waals surface area contributed by atoms with E-state index < -0.39 is 0 Å². The summed E-state index contributed by atoms with van der Waals surface area (Å²) in [5.41, 5.74) is 5.69. The summed E-state index contributed by atoms with van der Waals surface area (Å²) in [6, 6.07) is 1.69. The first-order valence-electron chi connectivity index (χ1n) is 5.78. The Bertz CT molecular complexity index is 361. The Kier molecular flexibility index (Phi) is 4.17. The molecule has 2 heterocycles. The molecule has 5 nitrogen and oxygen atoms in total. The molecule has 1 unspecified atom stereocenters. The molecule has 0 aromatic carbocycles. The fourth-order valence-corrected chi connectivity index (χ4v) is 2.32. The Morgan fingerprint density at radius 2 is 2.35 bits per heavy atom. The average molecular weight is 301 g/mol. The monoisotopic (exact) mass is 300 g/mol. The van der Waals surface area contributed by atoms with Crippen molar-refractivity contribution in [3.8, 4) is 0 Å². The molecule has 17 heavy (non-hydrogen) atoms. The Hall–Kier alpha value is -0.880. The minimum atomic E-state index is 0.276. The minimum Gasteiger partial charge on any atom is -0.383 e. The Labute approximate surface area is 110 Å². The minimum absolute atomic E-state index is 0.276. The second kappa shape index (κ2) is 5.64. The van der Waals surface area contributed by atoms with E-state index in [2.05, 4.69) is 25.9 Å². The van der Waals surface area contributed by atoms with Crippen LogP contribution in [0.4, 0.5) is 11.8 Å². The second-order valence-corrected chi connectivity index (χ2v) is 5.10. The van der Waals surface area contributed by atoms with Gasteiger partial charge in [-0.1, -0.05) is 0 Å². The number of nitrogens with two attached hydrogens (primary N) is 1. The summed E-state index contributed by atoms with van der Waals surface area (Å²) < 4.78 is 6.40. The summed E-state index contributed by atoms with van der Waals surface area (Å²) in [4.78, 5) is 10.5. The van der Waals surface area contributed by atoms with Gasteiger partial charge in [0, 0.05) is 26.3 Å². The van der Waals surface area contributed by atoms with Crippen molar-refractivity contribution in [3.63, 3.8) is 0 Å². The normalized spacial score (nSPS) is 20.2. The van der Waals surface area contributed by atoms with Crippen LogP contribution in [0.2, 0.25) is 0 Å². The maximum Gasteiger partial charge on any atom is 0.228 e. The van der Waals surface area contributed by atoms with E-state index >= 15 is 0 Å². The molecular formula is C11H17BrN4O. The molecular weight excluding hydrogens is 284 g/mol. The van der Waals surface area contributed by atoms with Gasteiger partial charge in [-0.2, -0.15) is 4.98 Å². The van der Waals surface area contributed by atoms with Gasteiger partial charge in [-0.15, -0.1) is 0 Å². The highest BCUT2D eigenvalue weighted by atomic mass is 79.9. The van der Waals surface area contributed by atoms with Crippen LogP contribution in [0.15, 0.2) is 10.7 Å². The number of nitrogen functional groups attached to an aromatic ring is 1. The summed E-state index contributed by atoms with van der Waals surface area (Å²) >= 11 is 3.32. The number of halogens is 1. The van der Waals surface area contributed by atoms with E-state index in [1.165, 1.54) is 12.8 Å². The smallest absolute Gasteiger partial charge is 0.228 e. The first kappa shape index (κ1) is 12.6. The molecule has 0 amide bonds. The molecule has 1 aromatic heterocycles.